The van der Waals surface area contributed by atoms with Crippen LogP contribution in [0, 0.1) is 6.92 Å². The van der Waals surface area contributed by atoms with Crippen molar-refractivity contribution in [2.45, 2.75) is 6.92 Å². The number of hydrogen-bond acceptors (Lipinski definition) is 3. The quantitative estimate of drug-likeness (QED) is 0.908. The van der Waals surface area contributed by atoms with Gasteiger partial charge in [-0.1, -0.05) is 23.7 Å². The number of phenolic OH excluding ortho intramolecular Hbond substituents is 1. The second kappa shape index (κ2) is 5.84. The number of methoxy groups -OCH3 is 1. The Balaban J connectivity index is 2.26. The first-order valence-corrected chi connectivity index (χ1v) is 6.34. The van der Waals surface area contributed by atoms with Crippen LogP contribution in [0.1, 0.15) is 15.9 Å². The highest BCUT2D eigenvalue weighted by molar-refractivity contribution is 6.34. The third kappa shape index (κ3) is 2.86. The van der Waals surface area contributed by atoms with Crippen molar-refractivity contribution in [3.63, 3.8) is 0 Å². The summed E-state index contributed by atoms with van der Waals surface area (Å²) < 4.78 is 4.93. The van der Waals surface area contributed by atoms with Crippen LogP contribution in [0.2, 0.25) is 5.02 Å². The van der Waals surface area contributed by atoms with Crippen molar-refractivity contribution in [3.05, 3.63) is 52.5 Å². The first-order valence-electron chi connectivity index (χ1n) is 5.96. The molecule has 0 bridgehead atoms. The second-order valence-electron chi connectivity index (χ2n) is 4.27. The van der Waals surface area contributed by atoms with Crippen LogP contribution in [-0.4, -0.2) is 18.1 Å². The molecule has 2 aromatic rings. The van der Waals surface area contributed by atoms with Gasteiger partial charge in [-0.05, 0) is 36.8 Å². The lowest BCUT2D eigenvalue weighted by atomic mass is 10.1. The van der Waals surface area contributed by atoms with Crippen molar-refractivity contribution in [1.29, 1.82) is 0 Å². The van der Waals surface area contributed by atoms with E-state index >= 15 is 0 Å². The Kier molecular flexibility index (Phi) is 4.15. The maximum absolute atomic E-state index is 12.1. The zero-order chi connectivity index (χ0) is 14.7. The lowest BCUT2D eigenvalue weighted by Crippen LogP contribution is -2.13. The van der Waals surface area contributed by atoms with E-state index in [4.69, 9.17) is 16.3 Å². The summed E-state index contributed by atoms with van der Waals surface area (Å²) in [6, 6.07) is 9.82. The molecule has 0 saturated heterocycles. The number of anilines is 1. The number of aromatic hydroxyl groups is 1. The van der Waals surface area contributed by atoms with E-state index in [-0.39, 0.29) is 11.7 Å². The minimum absolute atomic E-state index is 0.0870. The Morgan fingerprint density at radius 1 is 1.30 bits per heavy atom. The van der Waals surface area contributed by atoms with Crippen LogP contribution in [0.5, 0.6) is 11.5 Å². The number of ether oxygens (including phenoxy) is 1. The number of amides is 1. The maximum atomic E-state index is 12.1. The largest absolute Gasteiger partial charge is 0.504 e. The summed E-state index contributed by atoms with van der Waals surface area (Å²) >= 11 is 6.06. The third-order valence-corrected chi connectivity index (χ3v) is 3.22. The molecule has 0 atom stereocenters. The highest BCUT2D eigenvalue weighted by Gasteiger charge is 2.12. The molecular formula is C15H14ClNO3. The molecule has 20 heavy (non-hydrogen) atoms. The van der Waals surface area contributed by atoms with E-state index in [2.05, 4.69) is 5.32 Å². The lowest BCUT2D eigenvalue weighted by Gasteiger charge is -2.11. The topological polar surface area (TPSA) is 58.6 Å². The van der Waals surface area contributed by atoms with Gasteiger partial charge in [0, 0.05) is 5.56 Å². The van der Waals surface area contributed by atoms with Gasteiger partial charge in [0.2, 0.25) is 0 Å². The van der Waals surface area contributed by atoms with Gasteiger partial charge in [0.05, 0.1) is 17.8 Å². The summed E-state index contributed by atoms with van der Waals surface area (Å²) in [7, 11) is 1.45. The molecule has 0 aliphatic heterocycles. The van der Waals surface area contributed by atoms with Crippen molar-refractivity contribution in [1.82, 2.24) is 0 Å². The average Bonchev–Trinajstić information content (AvgIpc) is 2.42. The molecule has 5 heteroatoms. The molecule has 2 N–H and O–H groups in total. The molecule has 2 aromatic carbocycles. The van der Waals surface area contributed by atoms with Gasteiger partial charge in [-0.15, -0.1) is 0 Å². The van der Waals surface area contributed by atoms with Crippen molar-refractivity contribution in [2.75, 3.05) is 12.4 Å². The van der Waals surface area contributed by atoms with Gasteiger partial charge >= 0.3 is 0 Å². The minimum Gasteiger partial charge on any atom is -0.504 e. The number of rotatable bonds is 3. The Morgan fingerprint density at radius 3 is 2.65 bits per heavy atom. The maximum Gasteiger partial charge on any atom is 0.255 e. The smallest absolute Gasteiger partial charge is 0.255 e. The minimum atomic E-state index is -0.348. The molecule has 0 saturated carbocycles. The SMILES string of the molecule is COc1ccc(C(=O)Nc2c(C)cccc2Cl)cc1O. The molecule has 0 radical (unpaired) electrons. The Labute approximate surface area is 122 Å². The highest BCUT2D eigenvalue weighted by atomic mass is 35.5. The van der Waals surface area contributed by atoms with Gasteiger partial charge in [-0.3, -0.25) is 4.79 Å². The number of halogens is 1. The Hall–Kier alpha value is -2.20. The van der Waals surface area contributed by atoms with Gasteiger partial charge in [-0.2, -0.15) is 0 Å². The molecule has 4 nitrogen and oxygen atoms in total. The number of carbonyl (C=O) groups excluding carboxylic acids is 1. The molecule has 0 aliphatic carbocycles. The number of hydrogen-bond donors (Lipinski definition) is 2. The summed E-state index contributed by atoms with van der Waals surface area (Å²) in [4.78, 5) is 12.1. The van der Waals surface area contributed by atoms with E-state index in [1.165, 1.54) is 19.2 Å². The second-order valence-corrected chi connectivity index (χ2v) is 4.68. The van der Waals surface area contributed by atoms with Gasteiger partial charge in [0.1, 0.15) is 0 Å². The molecule has 0 heterocycles. The summed E-state index contributed by atoms with van der Waals surface area (Å²) in [5.41, 5.74) is 1.75. The van der Waals surface area contributed by atoms with Gasteiger partial charge in [-0.25, -0.2) is 0 Å². The summed E-state index contributed by atoms with van der Waals surface area (Å²) in [5, 5.41) is 12.9. The standard InChI is InChI=1S/C15H14ClNO3/c1-9-4-3-5-11(16)14(9)17-15(19)10-6-7-13(20-2)12(18)8-10/h3-8,18H,1-2H3,(H,17,19). The summed E-state index contributed by atoms with van der Waals surface area (Å²) in [6.07, 6.45) is 0. The number of carbonyl (C=O) groups is 1. The molecule has 1 amide bonds. The van der Waals surface area contributed by atoms with E-state index in [9.17, 15) is 9.90 Å². The lowest BCUT2D eigenvalue weighted by molar-refractivity contribution is 0.102. The predicted octanol–water partition coefficient (Wildman–Crippen LogP) is 3.61. The molecule has 0 unspecified atom stereocenters. The summed E-state index contributed by atoms with van der Waals surface area (Å²) in [5.74, 6) is -0.120. The van der Waals surface area contributed by atoms with Crippen molar-refractivity contribution < 1.29 is 14.6 Å². The fourth-order valence-electron chi connectivity index (χ4n) is 1.81. The van der Waals surface area contributed by atoms with E-state index in [1.807, 2.05) is 19.1 Å². The average molecular weight is 292 g/mol. The molecule has 0 aliphatic rings. The van der Waals surface area contributed by atoms with Crippen LogP contribution in [0.25, 0.3) is 0 Å². The fourth-order valence-corrected chi connectivity index (χ4v) is 2.08. The van der Waals surface area contributed by atoms with Crippen LogP contribution in [0.15, 0.2) is 36.4 Å². The molecule has 0 fully saturated rings. The molecule has 0 aromatic heterocycles. The fraction of sp³-hybridized carbons (Fsp3) is 0.133. The summed E-state index contributed by atoms with van der Waals surface area (Å²) in [6.45, 7) is 1.85. The highest BCUT2D eigenvalue weighted by Crippen LogP contribution is 2.28. The number of benzene rings is 2. The van der Waals surface area contributed by atoms with E-state index in [1.54, 1.807) is 12.1 Å². The molecule has 104 valence electrons. The number of aryl methyl sites for hydroxylation is 1. The van der Waals surface area contributed by atoms with Crippen LogP contribution < -0.4 is 10.1 Å². The Morgan fingerprint density at radius 2 is 2.05 bits per heavy atom. The van der Waals surface area contributed by atoms with Crippen molar-refractivity contribution in [3.8, 4) is 11.5 Å². The van der Waals surface area contributed by atoms with Crippen LogP contribution in [0.3, 0.4) is 0 Å². The van der Waals surface area contributed by atoms with Crippen LogP contribution in [0.4, 0.5) is 5.69 Å². The van der Waals surface area contributed by atoms with E-state index in [0.29, 0.717) is 22.0 Å². The monoisotopic (exact) mass is 291 g/mol. The van der Waals surface area contributed by atoms with Gasteiger partial charge in [0.15, 0.2) is 11.5 Å². The first-order chi connectivity index (χ1) is 9.52. The van der Waals surface area contributed by atoms with E-state index in [0.717, 1.165) is 5.56 Å². The number of nitrogens with one attached hydrogen (secondary N) is 1. The normalized spacial score (nSPS) is 10.2. The predicted molar refractivity (Wildman–Crippen MR) is 78.8 cm³/mol. The number of phenols is 1. The van der Waals surface area contributed by atoms with E-state index < -0.39 is 0 Å². The third-order valence-electron chi connectivity index (χ3n) is 2.90. The van der Waals surface area contributed by atoms with Gasteiger partial charge in [0.25, 0.3) is 5.91 Å². The van der Waals surface area contributed by atoms with Crippen LogP contribution in [-0.2, 0) is 0 Å². The number of para-hydroxylation sites is 1. The van der Waals surface area contributed by atoms with Crippen molar-refractivity contribution >= 4 is 23.2 Å². The molecule has 0 spiro atoms. The Bertz CT molecular complexity index is 635. The molecule has 2 rings (SSSR count). The van der Waals surface area contributed by atoms with Crippen LogP contribution >= 0.6 is 11.6 Å². The zero-order valence-electron chi connectivity index (χ0n) is 11.1. The van der Waals surface area contributed by atoms with Crippen molar-refractivity contribution in [2.24, 2.45) is 0 Å². The first kappa shape index (κ1) is 14.2. The van der Waals surface area contributed by atoms with Gasteiger partial charge < -0.3 is 15.2 Å². The zero-order valence-corrected chi connectivity index (χ0v) is 11.9. The molecular weight excluding hydrogens is 278 g/mol.